The molecule has 0 bridgehead atoms. The van der Waals surface area contributed by atoms with E-state index in [0.717, 1.165) is 0 Å². The second-order valence-electron chi connectivity index (χ2n) is 7.61. The molecular formula is C31H31N2O6P. The molecule has 0 aliphatic heterocycles. The smallest absolute Gasteiger partial charge is 0.452 e. The first-order valence-corrected chi connectivity index (χ1v) is 13.8. The summed E-state index contributed by atoms with van der Waals surface area (Å²) in [6.07, 6.45) is -1.80. The first-order valence-electron chi connectivity index (χ1n) is 12.4. The maximum atomic E-state index is 10.5. The number of carbonyl (C=O) groups is 3. The van der Waals surface area contributed by atoms with Crippen molar-refractivity contribution in [3.8, 4) is 0 Å². The second kappa shape index (κ2) is 18.6. The summed E-state index contributed by atoms with van der Waals surface area (Å²) in [5, 5.41) is 18.4. The molecule has 0 atom stereocenters. The molecule has 4 rings (SSSR count). The molecule has 0 radical (unpaired) electrons. The van der Waals surface area contributed by atoms with E-state index in [-0.39, 0.29) is 13.2 Å². The predicted octanol–water partition coefficient (Wildman–Crippen LogP) is 6.58. The SMILES string of the molecule is CCOC(=O)/N=N/C(=O)OCC.O=C(O)c1ccccc1.c1ccc(P(c2ccccc2)c2ccccc2)cc1. The van der Waals surface area contributed by atoms with Gasteiger partial charge in [0.05, 0.1) is 18.8 Å². The van der Waals surface area contributed by atoms with Crippen LogP contribution in [0.5, 0.6) is 0 Å². The van der Waals surface area contributed by atoms with Crippen LogP contribution in [0.1, 0.15) is 24.2 Å². The molecule has 4 aromatic carbocycles. The molecule has 4 aromatic rings. The first kappa shape index (κ1) is 31.5. The lowest BCUT2D eigenvalue weighted by Gasteiger charge is -2.18. The highest BCUT2D eigenvalue weighted by atomic mass is 31.1. The normalized spacial score (nSPS) is 9.97. The van der Waals surface area contributed by atoms with Gasteiger partial charge in [0.15, 0.2) is 0 Å². The standard InChI is InChI=1S/C18H15P.C7H6O2.C6H10N2O4/c1-4-10-16(11-5-1)19(17-12-6-2-7-13-17)18-14-8-3-9-15-18;8-7(9)6-4-2-1-3-5-6;1-3-11-5(9)7-8-6(10)12-4-2/h1-15H;1-5H,(H,8,9);3-4H2,1-2H3/b;;8-7+. The van der Waals surface area contributed by atoms with Gasteiger partial charge in [-0.1, -0.05) is 119 Å². The molecule has 40 heavy (non-hydrogen) atoms. The van der Waals surface area contributed by atoms with E-state index in [0.29, 0.717) is 5.56 Å². The van der Waals surface area contributed by atoms with Gasteiger partial charge < -0.3 is 14.6 Å². The van der Waals surface area contributed by atoms with Gasteiger partial charge in [0.1, 0.15) is 0 Å². The zero-order valence-electron chi connectivity index (χ0n) is 22.3. The van der Waals surface area contributed by atoms with Gasteiger partial charge >= 0.3 is 18.2 Å². The summed E-state index contributed by atoms with van der Waals surface area (Å²) in [5.41, 5.74) is 0.331. The van der Waals surface area contributed by atoms with Crippen molar-refractivity contribution >= 4 is 42.0 Å². The van der Waals surface area contributed by atoms with Crippen LogP contribution in [-0.4, -0.2) is 36.5 Å². The van der Waals surface area contributed by atoms with Gasteiger partial charge in [-0.2, -0.15) is 0 Å². The lowest BCUT2D eigenvalue weighted by molar-refractivity contribution is 0.0696. The number of hydrogen-bond donors (Lipinski definition) is 1. The minimum Gasteiger partial charge on any atom is -0.478 e. The minimum atomic E-state index is -0.898. The fraction of sp³-hybridized carbons (Fsp3) is 0.129. The van der Waals surface area contributed by atoms with Gasteiger partial charge in [0, 0.05) is 0 Å². The molecule has 0 aromatic heterocycles. The van der Waals surface area contributed by atoms with Gasteiger partial charge in [-0.15, -0.1) is 0 Å². The van der Waals surface area contributed by atoms with Crippen molar-refractivity contribution in [1.82, 2.24) is 0 Å². The highest BCUT2D eigenvalue weighted by Gasteiger charge is 2.15. The van der Waals surface area contributed by atoms with Crippen LogP contribution >= 0.6 is 7.92 Å². The average Bonchev–Trinajstić information content (AvgIpc) is 2.99. The van der Waals surface area contributed by atoms with E-state index >= 15 is 0 Å². The van der Waals surface area contributed by atoms with Crippen molar-refractivity contribution in [2.75, 3.05) is 13.2 Å². The van der Waals surface area contributed by atoms with Crippen molar-refractivity contribution in [2.45, 2.75) is 13.8 Å². The van der Waals surface area contributed by atoms with Crippen LogP contribution in [-0.2, 0) is 9.47 Å². The predicted molar refractivity (Wildman–Crippen MR) is 157 cm³/mol. The molecule has 1 N–H and O–H groups in total. The maximum Gasteiger partial charge on any atom is 0.452 e. The number of aromatic carboxylic acids is 1. The Morgan fingerprint density at radius 2 is 0.875 bits per heavy atom. The number of amides is 2. The van der Waals surface area contributed by atoms with Crippen LogP contribution in [0.15, 0.2) is 132 Å². The van der Waals surface area contributed by atoms with Gasteiger partial charge in [0.2, 0.25) is 0 Å². The van der Waals surface area contributed by atoms with E-state index in [1.807, 2.05) is 0 Å². The van der Waals surface area contributed by atoms with Crippen LogP contribution in [0.3, 0.4) is 0 Å². The third kappa shape index (κ3) is 11.8. The van der Waals surface area contributed by atoms with Crippen molar-refractivity contribution in [3.05, 3.63) is 127 Å². The van der Waals surface area contributed by atoms with Crippen molar-refractivity contribution in [2.24, 2.45) is 10.2 Å². The van der Waals surface area contributed by atoms with Gasteiger partial charge in [0.25, 0.3) is 0 Å². The molecule has 9 heteroatoms. The molecule has 0 fully saturated rings. The summed E-state index contributed by atoms with van der Waals surface area (Å²) in [7, 11) is -0.446. The summed E-state index contributed by atoms with van der Waals surface area (Å²) < 4.78 is 8.73. The quantitative estimate of drug-likeness (QED) is 0.211. The van der Waals surface area contributed by atoms with E-state index in [1.54, 1.807) is 44.2 Å². The highest BCUT2D eigenvalue weighted by molar-refractivity contribution is 7.79. The summed E-state index contributed by atoms with van der Waals surface area (Å²) >= 11 is 0. The lowest BCUT2D eigenvalue weighted by Crippen LogP contribution is -2.20. The number of hydrogen-bond acceptors (Lipinski definition) is 5. The van der Waals surface area contributed by atoms with Gasteiger partial charge in [-0.05, 0) is 49.8 Å². The molecular weight excluding hydrogens is 527 g/mol. The molecule has 2 amide bonds. The van der Waals surface area contributed by atoms with E-state index in [1.165, 1.54) is 15.9 Å². The molecule has 0 aliphatic rings. The minimum absolute atomic E-state index is 0.195. The van der Waals surface area contributed by atoms with E-state index in [9.17, 15) is 14.4 Å². The Hall–Kier alpha value is -4.68. The molecule has 0 spiro atoms. The van der Waals surface area contributed by atoms with Crippen LogP contribution < -0.4 is 15.9 Å². The summed E-state index contributed by atoms with van der Waals surface area (Å²) in [4.78, 5) is 31.1. The zero-order chi connectivity index (χ0) is 29.0. The molecule has 0 saturated heterocycles. The lowest BCUT2D eigenvalue weighted by atomic mass is 10.2. The number of carboxylic acids is 1. The van der Waals surface area contributed by atoms with E-state index < -0.39 is 26.1 Å². The Labute approximate surface area is 235 Å². The first-order chi connectivity index (χ1) is 19.5. The summed E-state index contributed by atoms with van der Waals surface area (Å²) in [5.74, 6) is -0.879. The Morgan fingerprint density at radius 3 is 1.12 bits per heavy atom. The van der Waals surface area contributed by atoms with Crippen molar-refractivity contribution in [1.29, 1.82) is 0 Å². The summed E-state index contributed by atoms with van der Waals surface area (Å²) in [6.45, 7) is 3.64. The third-order valence-corrected chi connectivity index (χ3v) is 7.26. The second-order valence-corrected chi connectivity index (χ2v) is 9.83. The molecule has 0 saturated carbocycles. The van der Waals surface area contributed by atoms with Crippen molar-refractivity contribution < 1.29 is 29.0 Å². The van der Waals surface area contributed by atoms with E-state index in [4.69, 9.17) is 5.11 Å². The monoisotopic (exact) mass is 558 g/mol. The number of nitrogens with zero attached hydrogens (tertiary/aromatic N) is 2. The van der Waals surface area contributed by atoms with Gasteiger partial charge in [-0.25, -0.2) is 14.4 Å². The number of carboxylic acid groups (broad SMARTS) is 1. The topological polar surface area (TPSA) is 115 Å². The van der Waals surface area contributed by atoms with Gasteiger partial charge in [-0.3, -0.25) is 0 Å². The number of carbonyl (C=O) groups excluding carboxylic acids is 2. The van der Waals surface area contributed by atoms with Crippen LogP contribution in [0.25, 0.3) is 0 Å². The number of ether oxygens (including phenoxy) is 2. The summed E-state index contributed by atoms with van der Waals surface area (Å²) in [6, 6.07) is 40.6. The fourth-order valence-corrected chi connectivity index (χ4v) is 5.45. The number of azo groups is 1. The van der Waals surface area contributed by atoms with Crippen LogP contribution in [0.2, 0.25) is 0 Å². The molecule has 0 heterocycles. The number of benzene rings is 4. The molecule has 8 nitrogen and oxygen atoms in total. The third-order valence-electron chi connectivity index (χ3n) is 4.81. The molecule has 0 aliphatic carbocycles. The average molecular weight is 559 g/mol. The van der Waals surface area contributed by atoms with Crippen LogP contribution in [0.4, 0.5) is 9.59 Å². The molecule has 0 unspecified atom stereocenters. The zero-order valence-corrected chi connectivity index (χ0v) is 23.2. The largest absolute Gasteiger partial charge is 0.478 e. The Kier molecular flexibility index (Phi) is 14.6. The fourth-order valence-electron chi connectivity index (χ4n) is 3.15. The Bertz CT molecular complexity index is 1210. The maximum absolute atomic E-state index is 10.5. The van der Waals surface area contributed by atoms with Crippen LogP contribution in [0, 0.1) is 0 Å². The van der Waals surface area contributed by atoms with E-state index in [2.05, 4.69) is 111 Å². The number of rotatable bonds is 6. The molecule has 206 valence electrons. The van der Waals surface area contributed by atoms with Crippen molar-refractivity contribution in [3.63, 3.8) is 0 Å². The Morgan fingerprint density at radius 1 is 0.575 bits per heavy atom. The Balaban J connectivity index is 0.000000230. The highest BCUT2D eigenvalue weighted by Crippen LogP contribution is 2.32.